The Balaban J connectivity index is 2.69. The molecule has 0 saturated carbocycles. The van der Waals surface area contributed by atoms with Crippen molar-refractivity contribution >= 4 is 6.09 Å². The van der Waals surface area contributed by atoms with Gasteiger partial charge in [0.1, 0.15) is 0 Å². The second-order valence-corrected chi connectivity index (χ2v) is 3.66. The molecule has 1 N–H and O–H groups in total. The molecule has 0 bridgehead atoms. The van der Waals surface area contributed by atoms with E-state index in [1.54, 1.807) is 11.8 Å². The molecule has 4 heteroatoms. The normalized spacial score (nSPS) is 30.3. The highest BCUT2D eigenvalue weighted by atomic mass is 16.5. The average molecular weight is 187 g/mol. The standard InChI is InChI=1S/C9H17NO3/c1-6-4-5-10(9(12)13-3)8(6)7(2)11/h6-8,11H,4-5H2,1-3H3. The number of rotatable bonds is 1. The predicted octanol–water partition coefficient (Wildman–Crippen LogP) is 0.844. The van der Waals surface area contributed by atoms with Crippen molar-refractivity contribution < 1.29 is 14.6 Å². The van der Waals surface area contributed by atoms with Crippen LogP contribution < -0.4 is 0 Å². The zero-order valence-electron chi connectivity index (χ0n) is 8.36. The topological polar surface area (TPSA) is 49.8 Å². The molecule has 0 aromatic carbocycles. The molecule has 76 valence electrons. The van der Waals surface area contributed by atoms with Crippen LogP contribution in [0.3, 0.4) is 0 Å². The fraction of sp³-hybridized carbons (Fsp3) is 0.889. The molecule has 1 aliphatic heterocycles. The first-order chi connectivity index (χ1) is 6.07. The number of aliphatic hydroxyl groups excluding tert-OH is 1. The number of aliphatic hydroxyl groups is 1. The molecule has 0 aromatic heterocycles. The minimum atomic E-state index is -0.489. The van der Waals surface area contributed by atoms with Crippen LogP contribution in [0, 0.1) is 5.92 Å². The van der Waals surface area contributed by atoms with Crippen LogP contribution in [0.25, 0.3) is 0 Å². The fourth-order valence-electron chi connectivity index (χ4n) is 2.04. The van der Waals surface area contributed by atoms with E-state index >= 15 is 0 Å². The summed E-state index contributed by atoms with van der Waals surface area (Å²) in [6, 6.07) is -0.0903. The summed E-state index contributed by atoms with van der Waals surface area (Å²) in [5.74, 6) is 0.346. The van der Waals surface area contributed by atoms with Gasteiger partial charge in [-0.2, -0.15) is 0 Å². The highest BCUT2D eigenvalue weighted by Gasteiger charge is 2.37. The van der Waals surface area contributed by atoms with E-state index in [0.717, 1.165) is 6.42 Å². The number of carbonyl (C=O) groups excluding carboxylic acids is 1. The number of hydrogen-bond donors (Lipinski definition) is 1. The summed E-state index contributed by atoms with van der Waals surface area (Å²) in [6.45, 7) is 4.44. The third-order valence-electron chi connectivity index (χ3n) is 2.67. The third kappa shape index (κ3) is 1.94. The summed E-state index contributed by atoms with van der Waals surface area (Å²) in [4.78, 5) is 12.9. The quantitative estimate of drug-likeness (QED) is 0.662. The lowest BCUT2D eigenvalue weighted by atomic mass is 9.99. The fourth-order valence-corrected chi connectivity index (χ4v) is 2.04. The highest BCUT2D eigenvalue weighted by Crippen LogP contribution is 2.26. The smallest absolute Gasteiger partial charge is 0.409 e. The summed E-state index contributed by atoms with van der Waals surface area (Å²) in [6.07, 6.45) is 0.108. The molecule has 1 fully saturated rings. The predicted molar refractivity (Wildman–Crippen MR) is 48.4 cm³/mol. The van der Waals surface area contributed by atoms with Crippen molar-refractivity contribution in [3.8, 4) is 0 Å². The van der Waals surface area contributed by atoms with Gasteiger partial charge in [0.05, 0.1) is 19.3 Å². The summed E-state index contributed by atoms with van der Waals surface area (Å²) in [5.41, 5.74) is 0. The van der Waals surface area contributed by atoms with E-state index in [1.807, 2.05) is 6.92 Å². The Morgan fingerprint density at radius 2 is 2.31 bits per heavy atom. The lowest BCUT2D eigenvalue weighted by molar-refractivity contribution is 0.0573. The summed E-state index contributed by atoms with van der Waals surface area (Å²) in [5, 5.41) is 9.49. The van der Waals surface area contributed by atoms with Crippen LogP contribution in [0.5, 0.6) is 0 Å². The van der Waals surface area contributed by atoms with E-state index in [4.69, 9.17) is 0 Å². The molecule has 13 heavy (non-hydrogen) atoms. The average Bonchev–Trinajstić information content (AvgIpc) is 2.45. The number of carbonyl (C=O) groups is 1. The molecule has 4 nitrogen and oxygen atoms in total. The first-order valence-corrected chi connectivity index (χ1v) is 4.60. The Morgan fingerprint density at radius 3 is 2.77 bits per heavy atom. The largest absolute Gasteiger partial charge is 0.453 e. The molecule has 0 spiro atoms. The van der Waals surface area contributed by atoms with Gasteiger partial charge in [-0.3, -0.25) is 0 Å². The van der Waals surface area contributed by atoms with Crippen molar-refractivity contribution in [2.24, 2.45) is 5.92 Å². The van der Waals surface area contributed by atoms with Gasteiger partial charge in [-0.1, -0.05) is 6.92 Å². The first kappa shape index (κ1) is 10.3. The molecular formula is C9H17NO3. The lowest BCUT2D eigenvalue weighted by Gasteiger charge is -2.27. The van der Waals surface area contributed by atoms with Gasteiger partial charge < -0.3 is 14.7 Å². The van der Waals surface area contributed by atoms with Gasteiger partial charge in [0.25, 0.3) is 0 Å². The van der Waals surface area contributed by atoms with E-state index in [9.17, 15) is 9.90 Å². The van der Waals surface area contributed by atoms with Crippen molar-refractivity contribution in [3.05, 3.63) is 0 Å². The van der Waals surface area contributed by atoms with Crippen LogP contribution in [0.2, 0.25) is 0 Å². The van der Waals surface area contributed by atoms with E-state index in [-0.39, 0.29) is 12.1 Å². The van der Waals surface area contributed by atoms with Crippen LogP contribution in [0.1, 0.15) is 20.3 Å². The number of amides is 1. The molecule has 3 atom stereocenters. The number of nitrogens with zero attached hydrogens (tertiary/aromatic N) is 1. The van der Waals surface area contributed by atoms with Gasteiger partial charge in [-0.05, 0) is 19.3 Å². The van der Waals surface area contributed by atoms with Gasteiger partial charge in [0.15, 0.2) is 0 Å². The summed E-state index contributed by atoms with van der Waals surface area (Å²) >= 11 is 0. The molecule has 1 saturated heterocycles. The maximum absolute atomic E-state index is 11.3. The molecule has 1 rings (SSSR count). The molecule has 0 aliphatic carbocycles. The summed E-state index contributed by atoms with van der Waals surface area (Å²) < 4.78 is 4.64. The van der Waals surface area contributed by atoms with E-state index < -0.39 is 6.10 Å². The Morgan fingerprint density at radius 1 is 1.69 bits per heavy atom. The molecule has 1 aliphatic rings. The van der Waals surface area contributed by atoms with Crippen molar-refractivity contribution in [2.75, 3.05) is 13.7 Å². The maximum atomic E-state index is 11.3. The van der Waals surface area contributed by atoms with Crippen LogP contribution in [0.15, 0.2) is 0 Å². The first-order valence-electron chi connectivity index (χ1n) is 4.60. The second kappa shape index (κ2) is 3.96. The summed E-state index contributed by atoms with van der Waals surface area (Å²) in [7, 11) is 1.37. The van der Waals surface area contributed by atoms with Crippen molar-refractivity contribution in [1.82, 2.24) is 4.90 Å². The van der Waals surface area contributed by atoms with E-state index in [0.29, 0.717) is 12.5 Å². The highest BCUT2D eigenvalue weighted by molar-refractivity contribution is 5.68. The number of hydrogen-bond acceptors (Lipinski definition) is 3. The van der Waals surface area contributed by atoms with E-state index in [1.165, 1.54) is 7.11 Å². The van der Waals surface area contributed by atoms with Crippen LogP contribution in [0.4, 0.5) is 4.79 Å². The van der Waals surface area contributed by atoms with Crippen LogP contribution in [-0.2, 0) is 4.74 Å². The Hall–Kier alpha value is -0.770. The molecule has 1 amide bonds. The van der Waals surface area contributed by atoms with Gasteiger partial charge in [0, 0.05) is 6.54 Å². The minimum absolute atomic E-state index is 0.0903. The van der Waals surface area contributed by atoms with Crippen molar-refractivity contribution in [2.45, 2.75) is 32.4 Å². The van der Waals surface area contributed by atoms with Crippen molar-refractivity contribution in [3.63, 3.8) is 0 Å². The molecule has 0 radical (unpaired) electrons. The minimum Gasteiger partial charge on any atom is -0.453 e. The van der Waals surface area contributed by atoms with Gasteiger partial charge in [-0.25, -0.2) is 4.79 Å². The molecule has 0 aromatic rings. The molecular weight excluding hydrogens is 170 g/mol. The van der Waals surface area contributed by atoms with Gasteiger partial charge >= 0.3 is 6.09 Å². The van der Waals surface area contributed by atoms with Crippen LogP contribution >= 0.6 is 0 Å². The van der Waals surface area contributed by atoms with Crippen LogP contribution in [-0.4, -0.2) is 41.9 Å². The van der Waals surface area contributed by atoms with Crippen molar-refractivity contribution in [1.29, 1.82) is 0 Å². The zero-order valence-corrected chi connectivity index (χ0v) is 8.36. The maximum Gasteiger partial charge on any atom is 0.409 e. The SMILES string of the molecule is COC(=O)N1CCC(C)C1C(C)O. The Labute approximate surface area is 78.5 Å². The molecule has 3 unspecified atom stereocenters. The Bertz CT molecular complexity index is 193. The van der Waals surface area contributed by atoms with Gasteiger partial charge in [-0.15, -0.1) is 0 Å². The third-order valence-corrected chi connectivity index (χ3v) is 2.67. The number of methoxy groups -OCH3 is 1. The zero-order chi connectivity index (χ0) is 10.0. The van der Waals surface area contributed by atoms with E-state index in [2.05, 4.69) is 4.74 Å². The Kier molecular flexibility index (Phi) is 3.14. The number of likely N-dealkylation sites (tertiary alicyclic amines) is 1. The van der Waals surface area contributed by atoms with Gasteiger partial charge in [0.2, 0.25) is 0 Å². The molecule has 1 heterocycles. The number of ether oxygens (including phenoxy) is 1. The monoisotopic (exact) mass is 187 g/mol. The lowest BCUT2D eigenvalue weighted by Crippen LogP contribution is -2.43. The second-order valence-electron chi connectivity index (χ2n) is 3.66.